The van der Waals surface area contributed by atoms with Crippen molar-refractivity contribution in [2.75, 3.05) is 6.54 Å². The van der Waals surface area contributed by atoms with E-state index in [1.807, 2.05) is 66.9 Å². The van der Waals surface area contributed by atoms with Crippen LogP contribution in [0.4, 0.5) is 0 Å². The van der Waals surface area contributed by atoms with Gasteiger partial charge in [0.15, 0.2) is 0 Å². The van der Waals surface area contributed by atoms with Gasteiger partial charge in [-0.2, -0.15) is 0 Å². The summed E-state index contributed by atoms with van der Waals surface area (Å²) in [6.45, 7) is 7.13. The first-order chi connectivity index (χ1) is 13.2. The first-order valence-electron chi connectivity index (χ1n) is 8.73. The number of thiazole rings is 1. The van der Waals surface area contributed by atoms with Crippen molar-refractivity contribution in [2.24, 2.45) is 0 Å². The van der Waals surface area contributed by atoms with E-state index in [1.165, 1.54) is 0 Å². The zero-order chi connectivity index (χ0) is 19.1. The molecule has 1 amide bonds. The van der Waals surface area contributed by atoms with E-state index in [9.17, 15) is 4.79 Å². The van der Waals surface area contributed by atoms with E-state index < -0.39 is 0 Å². The van der Waals surface area contributed by atoms with Gasteiger partial charge in [0.1, 0.15) is 17.4 Å². The number of nitrogens with zero attached hydrogens (tertiary/aromatic N) is 2. The van der Waals surface area contributed by atoms with Crippen LogP contribution in [0, 0.1) is 6.92 Å². The van der Waals surface area contributed by atoms with Crippen LogP contribution in [-0.2, 0) is 13.2 Å². The molecule has 5 heteroatoms. The maximum atomic E-state index is 12.7. The molecule has 0 spiro atoms. The van der Waals surface area contributed by atoms with Gasteiger partial charge >= 0.3 is 0 Å². The van der Waals surface area contributed by atoms with Crippen molar-refractivity contribution in [2.45, 2.75) is 20.1 Å². The monoisotopic (exact) mass is 378 g/mol. The van der Waals surface area contributed by atoms with E-state index in [4.69, 9.17) is 4.74 Å². The standard InChI is InChI=1S/C22H22N2O2S/c1-3-12-24(22(25)18-9-5-4-6-10-18)14-19-16-27-21(23-19)15-26-20-11-7-8-17(2)13-20/h3-11,13,16H,1,12,14-15H2,2H3. The predicted molar refractivity (Wildman–Crippen MR) is 109 cm³/mol. The zero-order valence-corrected chi connectivity index (χ0v) is 16.1. The van der Waals surface area contributed by atoms with Gasteiger partial charge in [0.2, 0.25) is 0 Å². The second-order valence-electron chi connectivity index (χ2n) is 6.18. The average molecular weight is 378 g/mol. The molecule has 0 aliphatic rings. The molecule has 1 heterocycles. The normalized spacial score (nSPS) is 10.4. The third kappa shape index (κ3) is 5.28. The van der Waals surface area contributed by atoms with Crippen LogP contribution in [-0.4, -0.2) is 22.3 Å². The minimum absolute atomic E-state index is 0.0268. The summed E-state index contributed by atoms with van der Waals surface area (Å²) < 4.78 is 5.81. The lowest BCUT2D eigenvalue weighted by Gasteiger charge is -2.20. The molecule has 3 rings (SSSR count). The SMILES string of the molecule is C=CCN(Cc1csc(COc2cccc(C)c2)n1)C(=O)c1ccccc1. The number of carbonyl (C=O) groups excluding carboxylic acids is 1. The van der Waals surface area contributed by atoms with E-state index in [0.29, 0.717) is 25.3 Å². The van der Waals surface area contributed by atoms with Gasteiger partial charge < -0.3 is 9.64 Å². The Bertz CT molecular complexity index is 905. The Labute approximate surface area is 163 Å². The highest BCUT2D eigenvalue weighted by molar-refractivity contribution is 7.09. The highest BCUT2D eigenvalue weighted by atomic mass is 32.1. The van der Waals surface area contributed by atoms with Crippen LogP contribution in [0.25, 0.3) is 0 Å². The molecule has 0 radical (unpaired) electrons. The Kier molecular flexibility index (Phi) is 6.39. The number of amides is 1. The molecule has 4 nitrogen and oxygen atoms in total. The van der Waals surface area contributed by atoms with Crippen molar-refractivity contribution < 1.29 is 9.53 Å². The van der Waals surface area contributed by atoms with Gasteiger partial charge in [-0.15, -0.1) is 17.9 Å². The molecule has 27 heavy (non-hydrogen) atoms. The molecule has 0 N–H and O–H groups in total. The predicted octanol–water partition coefficient (Wildman–Crippen LogP) is 4.86. The quantitative estimate of drug-likeness (QED) is 0.526. The van der Waals surface area contributed by atoms with Crippen molar-refractivity contribution >= 4 is 17.2 Å². The Hall–Kier alpha value is -2.92. The summed E-state index contributed by atoms with van der Waals surface area (Å²) in [5.74, 6) is 0.806. The van der Waals surface area contributed by atoms with Crippen LogP contribution >= 0.6 is 11.3 Å². The molecule has 0 saturated heterocycles. The molecule has 0 aliphatic carbocycles. The number of benzene rings is 2. The highest BCUT2D eigenvalue weighted by Gasteiger charge is 2.16. The van der Waals surface area contributed by atoms with E-state index in [-0.39, 0.29) is 5.91 Å². The lowest BCUT2D eigenvalue weighted by molar-refractivity contribution is 0.0761. The molecule has 3 aromatic rings. The van der Waals surface area contributed by atoms with Gasteiger partial charge in [-0.05, 0) is 36.8 Å². The van der Waals surface area contributed by atoms with Gasteiger partial charge in [-0.1, -0.05) is 36.4 Å². The zero-order valence-electron chi connectivity index (χ0n) is 15.3. The smallest absolute Gasteiger partial charge is 0.254 e. The number of aryl methyl sites for hydroxylation is 1. The molecule has 1 aromatic heterocycles. The number of carbonyl (C=O) groups is 1. The van der Waals surface area contributed by atoms with E-state index in [1.54, 1.807) is 22.3 Å². The summed E-state index contributed by atoms with van der Waals surface area (Å²) in [7, 11) is 0. The fourth-order valence-electron chi connectivity index (χ4n) is 2.67. The largest absolute Gasteiger partial charge is 0.486 e. The van der Waals surface area contributed by atoms with Gasteiger partial charge in [-0.3, -0.25) is 4.79 Å². The second kappa shape index (κ2) is 9.14. The Balaban J connectivity index is 1.63. The first-order valence-corrected chi connectivity index (χ1v) is 9.61. The highest BCUT2D eigenvalue weighted by Crippen LogP contribution is 2.18. The lowest BCUT2D eigenvalue weighted by Crippen LogP contribution is -2.30. The molecule has 0 fully saturated rings. The van der Waals surface area contributed by atoms with Gasteiger partial charge in [0, 0.05) is 17.5 Å². The number of aromatic nitrogens is 1. The van der Waals surface area contributed by atoms with E-state index in [0.717, 1.165) is 22.0 Å². The molecule has 138 valence electrons. The van der Waals surface area contributed by atoms with Crippen molar-refractivity contribution in [3.8, 4) is 5.75 Å². The molecular weight excluding hydrogens is 356 g/mol. The molecule has 0 aliphatic heterocycles. The first kappa shape index (κ1) is 18.9. The number of rotatable bonds is 8. The summed E-state index contributed by atoms with van der Waals surface area (Å²) in [4.78, 5) is 19.1. The molecule has 0 unspecified atom stereocenters. The Morgan fingerprint density at radius 3 is 2.78 bits per heavy atom. The summed E-state index contributed by atoms with van der Waals surface area (Å²) in [5.41, 5.74) is 2.68. The van der Waals surface area contributed by atoms with Crippen molar-refractivity contribution in [1.82, 2.24) is 9.88 Å². The lowest BCUT2D eigenvalue weighted by atomic mass is 10.2. The minimum atomic E-state index is -0.0268. The molecule has 0 saturated carbocycles. The van der Waals surface area contributed by atoms with Crippen LogP contribution in [0.5, 0.6) is 5.75 Å². The molecule has 0 bridgehead atoms. The molecule has 0 atom stereocenters. The topological polar surface area (TPSA) is 42.4 Å². The van der Waals surface area contributed by atoms with Crippen LogP contribution in [0.2, 0.25) is 0 Å². The summed E-state index contributed by atoms with van der Waals surface area (Å²) in [6.07, 6.45) is 1.73. The third-order valence-electron chi connectivity index (χ3n) is 3.96. The van der Waals surface area contributed by atoms with Gasteiger partial charge in [0.25, 0.3) is 5.91 Å². The third-order valence-corrected chi connectivity index (χ3v) is 4.83. The van der Waals surface area contributed by atoms with Crippen molar-refractivity contribution in [3.05, 3.63) is 94.5 Å². The molecular formula is C22H22N2O2S. The van der Waals surface area contributed by atoms with Crippen LogP contribution < -0.4 is 4.74 Å². The Morgan fingerprint density at radius 2 is 2.04 bits per heavy atom. The summed E-state index contributed by atoms with van der Waals surface area (Å²) in [6, 6.07) is 17.2. The maximum absolute atomic E-state index is 12.7. The summed E-state index contributed by atoms with van der Waals surface area (Å²) >= 11 is 1.54. The maximum Gasteiger partial charge on any atom is 0.254 e. The molecule has 2 aromatic carbocycles. The van der Waals surface area contributed by atoms with Gasteiger partial charge in [0.05, 0.1) is 12.2 Å². The number of ether oxygens (including phenoxy) is 1. The second-order valence-corrected chi connectivity index (χ2v) is 7.12. The number of hydrogen-bond acceptors (Lipinski definition) is 4. The van der Waals surface area contributed by atoms with Gasteiger partial charge in [-0.25, -0.2) is 4.98 Å². The number of hydrogen-bond donors (Lipinski definition) is 0. The minimum Gasteiger partial charge on any atom is -0.486 e. The van der Waals surface area contributed by atoms with E-state index in [2.05, 4.69) is 11.6 Å². The van der Waals surface area contributed by atoms with Crippen molar-refractivity contribution in [3.63, 3.8) is 0 Å². The Morgan fingerprint density at radius 1 is 1.22 bits per heavy atom. The fourth-order valence-corrected chi connectivity index (χ4v) is 3.37. The fraction of sp³-hybridized carbons (Fsp3) is 0.182. The van der Waals surface area contributed by atoms with Crippen LogP contribution in [0.3, 0.4) is 0 Å². The van der Waals surface area contributed by atoms with Crippen LogP contribution in [0.15, 0.2) is 72.6 Å². The van der Waals surface area contributed by atoms with Crippen molar-refractivity contribution in [1.29, 1.82) is 0 Å². The summed E-state index contributed by atoms with van der Waals surface area (Å²) in [5, 5.41) is 2.86. The van der Waals surface area contributed by atoms with Crippen LogP contribution in [0.1, 0.15) is 26.6 Å². The average Bonchev–Trinajstić information content (AvgIpc) is 3.14. The van der Waals surface area contributed by atoms with E-state index >= 15 is 0 Å².